The van der Waals surface area contributed by atoms with Crippen LogP contribution in [0.3, 0.4) is 0 Å². The molecule has 0 spiro atoms. The summed E-state index contributed by atoms with van der Waals surface area (Å²) in [5, 5.41) is 9.35. The van der Waals surface area contributed by atoms with E-state index in [4.69, 9.17) is 9.47 Å². The lowest BCUT2D eigenvalue weighted by atomic mass is 9.89. The van der Waals surface area contributed by atoms with Crippen LogP contribution in [0.5, 0.6) is 11.5 Å². The fraction of sp³-hybridized carbons (Fsp3) is 0.462. The molecule has 1 fully saturated rings. The van der Waals surface area contributed by atoms with Crippen molar-refractivity contribution in [2.45, 2.75) is 31.6 Å². The van der Waals surface area contributed by atoms with Gasteiger partial charge in [-0.05, 0) is 30.9 Å². The molecule has 0 amide bonds. The molecule has 0 unspecified atom stereocenters. The van der Waals surface area contributed by atoms with Gasteiger partial charge in [0.25, 0.3) is 0 Å². The molecular weight excluding hydrogens is 220 g/mol. The van der Waals surface area contributed by atoms with E-state index >= 15 is 0 Å². The molecule has 0 saturated heterocycles. The molecule has 2 aliphatic rings. The molecule has 4 nitrogen and oxygen atoms in total. The first kappa shape index (κ1) is 10.4. The SMILES string of the molecule is CCc1c(C2(C(=O)O)CC2)ccc2c1OCO2. The largest absolute Gasteiger partial charge is 0.481 e. The van der Waals surface area contributed by atoms with Gasteiger partial charge in [0.05, 0.1) is 5.41 Å². The Morgan fingerprint density at radius 3 is 2.76 bits per heavy atom. The zero-order valence-electron chi connectivity index (χ0n) is 9.66. The van der Waals surface area contributed by atoms with Crippen molar-refractivity contribution in [1.29, 1.82) is 0 Å². The van der Waals surface area contributed by atoms with E-state index in [1.807, 2.05) is 19.1 Å². The van der Waals surface area contributed by atoms with Crippen molar-refractivity contribution in [3.63, 3.8) is 0 Å². The van der Waals surface area contributed by atoms with Crippen molar-refractivity contribution in [3.05, 3.63) is 23.3 Å². The number of aliphatic carboxylic acids is 1. The Morgan fingerprint density at radius 1 is 1.41 bits per heavy atom. The molecule has 0 atom stereocenters. The summed E-state index contributed by atoms with van der Waals surface area (Å²) >= 11 is 0. The zero-order valence-corrected chi connectivity index (χ0v) is 9.66. The Morgan fingerprint density at radius 2 is 2.18 bits per heavy atom. The van der Waals surface area contributed by atoms with Gasteiger partial charge in [-0.2, -0.15) is 0 Å². The third-order valence-corrected chi connectivity index (χ3v) is 3.67. The molecule has 0 radical (unpaired) electrons. The second-order valence-electron chi connectivity index (χ2n) is 4.57. The van der Waals surface area contributed by atoms with Gasteiger partial charge in [-0.15, -0.1) is 0 Å². The molecule has 1 saturated carbocycles. The molecule has 3 rings (SSSR count). The minimum Gasteiger partial charge on any atom is -0.481 e. The van der Waals surface area contributed by atoms with Gasteiger partial charge in [-0.25, -0.2) is 0 Å². The van der Waals surface area contributed by atoms with Crippen LogP contribution >= 0.6 is 0 Å². The minimum absolute atomic E-state index is 0.228. The third-order valence-electron chi connectivity index (χ3n) is 3.67. The van der Waals surface area contributed by atoms with Crippen LogP contribution in [-0.2, 0) is 16.6 Å². The monoisotopic (exact) mass is 234 g/mol. The average molecular weight is 234 g/mol. The molecule has 1 N–H and O–H groups in total. The standard InChI is InChI=1S/C13H14O4/c1-2-8-9(13(5-6-13)12(14)15)3-4-10-11(8)17-7-16-10/h3-4H,2,5-7H2,1H3,(H,14,15). The molecule has 1 aliphatic heterocycles. The molecular formula is C13H14O4. The van der Waals surface area contributed by atoms with E-state index in [1.165, 1.54) is 0 Å². The lowest BCUT2D eigenvalue weighted by Crippen LogP contribution is -2.21. The smallest absolute Gasteiger partial charge is 0.314 e. The Kier molecular flexibility index (Phi) is 2.08. The summed E-state index contributed by atoms with van der Waals surface area (Å²) in [5.41, 5.74) is 1.21. The number of hydrogen-bond acceptors (Lipinski definition) is 3. The molecule has 1 aromatic rings. The van der Waals surface area contributed by atoms with Gasteiger partial charge in [-0.1, -0.05) is 13.0 Å². The molecule has 1 aromatic carbocycles. The van der Waals surface area contributed by atoms with Crippen molar-refractivity contribution >= 4 is 5.97 Å². The van der Waals surface area contributed by atoms with Crippen molar-refractivity contribution < 1.29 is 19.4 Å². The minimum atomic E-state index is -0.730. The first-order valence-corrected chi connectivity index (χ1v) is 5.84. The Hall–Kier alpha value is -1.71. The number of carboxylic acids is 1. The van der Waals surface area contributed by atoms with E-state index in [0.29, 0.717) is 0 Å². The zero-order chi connectivity index (χ0) is 12.0. The van der Waals surface area contributed by atoms with Crippen LogP contribution in [0.25, 0.3) is 0 Å². The first-order valence-electron chi connectivity index (χ1n) is 5.84. The highest BCUT2D eigenvalue weighted by atomic mass is 16.7. The van der Waals surface area contributed by atoms with Gasteiger partial charge in [0.15, 0.2) is 11.5 Å². The Labute approximate surface area is 99.2 Å². The number of ether oxygens (including phenoxy) is 2. The summed E-state index contributed by atoms with van der Waals surface area (Å²) < 4.78 is 10.8. The highest BCUT2D eigenvalue weighted by Crippen LogP contribution is 2.52. The lowest BCUT2D eigenvalue weighted by molar-refractivity contribution is -0.140. The van der Waals surface area contributed by atoms with E-state index in [2.05, 4.69) is 0 Å². The quantitative estimate of drug-likeness (QED) is 0.870. The second kappa shape index (κ2) is 3.39. The van der Waals surface area contributed by atoms with Crippen LogP contribution in [0.2, 0.25) is 0 Å². The van der Waals surface area contributed by atoms with Crippen molar-refractivity contribution in [1.82, 2.24) is 0 Å². The normalized spacial score (nSPS) is 19.1. The Bertz CT molecular complexity index is 488. The second-order valence-corrected chi connectivity index (χ2v) is 4.57. The van der Waals surface area contributed by atoms with E-state index in [9.17, 15) is 9.90 Å². The fourth-order valence-electron chi connectivity index (χ4n) is 2.55. The van der Waals surface area contributed by atoms with Gasteiger partial charge >= 0.3 is 5.97 Å². The van der Waals surface area contributed by atoms with Gasteiger partial charge in [0, 0.05) is 5.56 Å². The maximum Gasteiger partial charge on any atom is 0.314 e. The van der Waals surface area contributed by atoms with Gasteiger partial charge < -0.3 is 14.6 Å². The number of hydrogen-bond donors (Lipinski definition) is 1. The molecule has 1 aliphatic carbocycles. The number of rotatable bonds is 3. The van der Waals surface area contributed by atoms with Crippen LogP contribution in [0.1, 0.15) is 30.9 Å². The highest BCUT2D eigenvalue weighted by Gasteiger charge is 2.53. The predicted octanol–water partition coefficient (Wildman–Crippen LogP) is 2.09. The van der Waals surface area contributed by atoms with E-state index < -0.39 is 11.4 Å². The van der Waals surface area contributed by atoms with Crippen molar-refractivity contribution in [2.24, 2.45) is 0 Å². The third kappa shape index (κ3) is 1.33. The molecule has 4 heteroatoms. The number of carbonyl (C=O) groups is 1. The van der Waals surface area contributed by atoms with E-state index in [0.717, 1.165) is 41.9 Å². The number of carboxylic acid groups (broad SMARTS) is 1. The molecule has 17 heavy (non-hydrogen) atoms. The van der Waals surface area contributed by atoms with Crippen molar-refractivity contribution in [2.75, 3.05) is 6.79 Å². The molecule has 0 bridgehead atoms. The van der Waals surface area contributed by atoms with Crippen LogP contribution in [0.15, 0.2) is 12.1 Å². The summed E-state index contributed by atoms with van der Waals surface area (Å²) in [5.74, 6) is 0.732. The molecule has 0 aromatic heterocycles. The van der Waals surface area contributed by atoms with Crippen LogP contribution < -0.4 is 9.47 Å². The predicted molar refractivity (Wildman–Crippen MR) is 60.5 cm³/mol. The lowest BCUT2D eigenvalue weighted by Gasteiger charge is -2.16. The van der Waals surface area contributed by atoms with E-state index in [1.54, 1.807) is 0 Å². The van der Waals surface area contributed by atoms with Crippen molar-refractivity contribution in [3.8, 4) is 11.5 Å². The van der Waals surface area contributed by atoms with Crippen LogP contribution in [0, 0.1) is 0 Å². The maximum absolute atomic E-state index is 11.4. The van der Waals surface area contributed by atoms with Gasteiger partial charge in [0.1, 0.15) is 0 Å². The van der Waals surface area contributed by atoms with Crippen LogP contribution in [-0.4, -0.2) is 17.9 Å². The average Bonchev–Trinajstić information content (AvgIpc) is 3.00. The molecule has 90 valence electrons. The summed E-state index contributed by atoms with van der Waals surface area (Å²) in [6, 6.07) is 3.70. The summed E-state index contributed by atoms with van der Waals surface area (Å²) in [4.78, 5) is 11.4. The topological polar surface area (TPSA) is 55.8 Å². The van der Waals surface area contributed by atoms with E-state index in [-0.39, 0.29) is 6.79 Å². The Balaban J connectivity index is 2.15. The van der Waals surface area contributed by atoms with Gasteiger partial charge in [0.2, 0.25) is 6.79 Å². The maximum atomic E-state index is 11.4. The summed E-state index contributed by atoms with van der Waals surface area (Å²) in [6.45, 7) is 2.24. The number of fused-ring (bicyclic) bond motifs is 1. The number of benzene rings is 1. The summed E-state index contributed by atoms with van der Waals surface area (Å²) in [6.07, 6.45) is 2.20. The summed E-state index contributed by atoms with van der Waals surface area (Å²) in [7, 11) is 0. The van der Waals surface area contributed by atoms with Gasteiger partial charge in [-0.3, -0.25) is 4.79 Å². The molecule has 1 heterocycles. The first-order chi connectivity index (χ1) is 8.19. The van der Waals surface area contributed by atoms with Crippen LogP contribution in [0.4, 0.5) is 0 Å². The highest BCUT2D eigenvalue weighted by molar-refractivity contribution is 5.86. The fourth-order valence-corrected chi connectivity index (χ4v) is 2.55.